The smallest absolute Gasteiger partial charge is 0.00975 e. The molecule has 5 unspecified atom stereocenters. The Labute approximate surface area is 227 Å². The lowest BCUT2D eigenvalue weighted by molar-refractivity contribution is 0.0865. The van der Waals surface area contributed by atoms with E-state index >= 15 is 0 Å². The minimum absolute atomic E-state index is 0. The molecule has 0 radical (unpaired) electrons. The molecule has 0 aromatic carbocycles. The number of nitrogens with one attached hydrogen (secondary N) is 1. The fourth-order valence-corrected chi connectivity index (χ4v) is 7.98. The zero-order chi connectivity index (χ0) is 26.2. The van der Waals surface area contributed by atoms with Gasteiger partial charge in [0.25, 0.3) is 0 Å². The summed E-state index contributed by atoms with van der Waals surface area (Å²) in [6.07, 6.45) is 21.6. The van der Waals surface area contributed by atoms with Crippen LogP contribution in [0.15, 0.2) is 0 Å². The van der Waals surface area contributed by atoms with Crippen LogP contribution in [0.2, 0.25) is 0 Å². The van der Waals surface area contributed by atoms with Crippen LogP contribution >= 0.6 is 9.24 Å². The molecule has 214 valence electrons. The Morgan fingerprint density at radius 2 is 1.37 bits per heavy atom. The molecule has 0 spiro atoms. The third kappa shape index (κ3) is 13.1. The molecule has 3 rings (SSSR count). The van der Waals surface area contributed by atoms with Gasteiger partial charge in [-0.1, -0.05) is 128 Å². The summed E-state index contributed by atoms with van der Waals surface area (Å²) in [7, 11) is 5.37. The van der Waals surface area contributed by atoms with Gasteiger partial charge in [-0.05, 0) is 79.8 Å². The molecule has 3 aliphatic carbocycles. The highest BCUT2D eigenvalue weighted by Gasteiger charge is 2.40. The highest BCUT2D eigenvalue weighted by Crippen LogP contribution is 2.50. The highest BCUT2D eigenvalue weighted by molar-refractivity contribution is 7.19. The van der Waals surface area contributed by atoms with Gasteiger partial charge in [-0.3, -0.25) is 0 Å². The maximum absolute atomic E-state index is 3.55. The van der Waals surface area contributed by atoms with Crippen molar-refractivity contribution in [1.82, 2.24) is 5.32 Å². The molecule has 3 aliphatic rings. The monoisotopic (exact) mass is 514 g/mol. The Hall–Kier alpha value is 0.390. The van der Waals surface area contributed by atoms with E-state index in [4.69, 9.17) is 0 Å². The minimum Gasteiger partial charge on any atom is -0.317 e. The first-order chi connectivity index (χ1) is 16.1. The lowest BCUT2D eigenvalue weighted by Crippen LogP contribution is -2.44. The van der Waals surface area contributed by atoms with Crippen LogP contribution in [0.5, 0.6) is 0 Å². The van der Waals surface area contributed by atoms with Crippen molar-refractivity contribution in [3.8, 4) is 0 Å². The van der Waals surface area contributed by atoms with Gasteiger partial charge in [-0.15, -0.1) is 9.24 Å². The van der Waals surface area contributed by atoms with E-state index in [1.165, 1.54) is 96.3 Å². The Morgan fingerprint density at radius 3 is 1.83 bits per heavy atom. The molecule has 6 atom stereocenters. The van der Waals surface area contributed by atoms with E-state index in [9.17, 15) is 0 Å². The van der Waals surface area contributed by atoms with Crippen molar-refractivity contribution in [3.05, 3.63) is 0 Å². The summed E-state index contributed by atoms with van der Waals surface area (Å²) in [6.45, 7) is 20.2. The molecular formula is C33H72NP. The fraction of sp³-hybridized carbons (Fsp3) is 1.00. The topological polar surface area (TPSA) is 12.0 Å². The maximum Gasteiger partial charge on any atom is 0.00975 e. The van der Waals surface area contributed by atoms with E-state index in [0.717, 1.165) is 29.7 Å². The second kappa shape index (κ2) is 20.4. The Bertz CT molecular complexity index is 467. The summed E-state index contributed by atoms with van der Waals surface area (Å²) >= 11 is 0. The molecule has 35 heavy (non-hydrogen) atoms. The molecule has 3 fully saturated rings. The SMILES string of the molecule is C.CC.CC(C)C.CC1CCCC[C@@H]1C1(P)CCCC1.CCCC(C)(CC)C1CCCCC1NC. The van der Waals surface area contributed by atoms with Gasteiger partial charge < -0.3 is 5.32 Å². The zero-order valence-electron chi connectivity index (χ0n) is 25.6. The Kier molecular flexibility index (Phi) is 21.8. The van der Waals surface area contributed by atoms with Crippen LogP contribution in [-0.4, -0.2) is 18.2 Å². The molecular weight excluding hydrogens is 441 g/mol. The van der Waals surface area contributed by atoms with E-state index < -0.39 is 0 Å². The van der Waals surface area contributed by atoms with E-state index in [1.807, 2.05) is 13.8 Å². The highest BCUT2D eigenvalue weighted by atomic mass is 31.0. The Morgan fingerprint density at radius 1 is 0.886 bits per heavy atom. The molecule has 0 heterocycles. The van der Waals surface area contributed by atoms with E-state index in [-0.39, 0.29) is 7.43 Å². The first-order valence-electron chi connectivity index (χ1n) is 15.6. The predicted molar refractivity (Wildman–Crippen MR) is 169 cm³/mol. The molecule has 1 N–H and O–H groups in total. The van der Waals surface area contributed by atoms with Crippen LogP contribution in [0.1, 0.15) is 166 Å². The third-order valence-electron chi connectivity index (χ3n) is 9.05. The second-order valence-electron chi connectivity index (χ2n) is 12.6. The lowest BCUT2D eigenvalue weighted by Gasteiger charge is -2.44. The first-order valence-corrected chi connectivity index (χ1v) is 16.2. The molecule has 1 nitrogen and oxygen atoms in total. The fourth-order valence-electron chi connectivity index (χ4n) is 7.08. The molecule has 2 heteroatoms. The normalized spacial score (nSPS) is 29.1. The summed E-state index contributed by atoms with van der Waals surface area (Å²) < 4.78 is 0. The van der Waals surface area contributed by atoms with Crippen molar-refractivity contribution in [2.75, 3.05) is 7.05 Å². The quantitative estimate of drug-likeness (QED) is 0.348. The molecule has 3 saturated carbocycles. The third-order valence-corrected chi connectivity index (χ3v) is 10.1. The van der Waals surface area contributed by atoms with Crippen LogP contribution in [-0.2, 0) is 0 Å². The second-order valence-corrected chi connectivity index (χ2v) is 13.7. The zero-order valence-corrected chi connectivity index (χ0v) is 26.7. The van der Waals surface area contributed by atoms with Gasteiger partial charge in [0.05, 0.1) is 0 Å². The van der Waals surface area contributed by atoms with Gasteiger partial charge in [-0.2, -0.15) is 0 Å². The van der Waals surface area contributed by atoms with E-state index in [1.54, 1.807) is 0 Å². The summed E-state index contributed by atoms with van der Waals surface area (Å²) in [5.74, 6) is 3.75. The van der Waals surface area contributed by atoms with Crippen LogP contribution in [0.25, 0.3) is 0 Å². The average Bonchev–Trinajstić information content (AvgIpc) is 3.28. The van der Waals surface area contributed by atoms with Crippen LogP contribution < -0.4 is 5.32 Å². The number of hydrogen-bond donors (Lipinski definition) is 1. The average molecular weight is 514 g/mol. The summed E-state index contributed by atoms with van der Waals surface area (Å²) in [4.78, 5) is 0. The van der Waals surface area contributed by atoms with Gasteiger partial charge >= 0.3 is 0 Å². The summed E-state index contributed by atoms with van der Waals surface area (Å²) in [6, 6.07) is 0.773. The van der Waals surface area contributed by atoms with Crippen LogP contribution in [0, 0.1) is 29.1 Å². The van der Waals surface area contributed by atoms with Gasteiger partial charge in [0, 0.05) is 6.04 Å². The predicted octanol–water partition coefficient (Wildman–Crippen LogP) is 11.3. The Balaban J connectivity index is 0. The van der Waals surface area contributed by atoms with Gasteiger partial charge in [0.1, 0.15) is 0 Å². The molecule has 0 aromatic rings. The minimum atomic E-state index is 0. The van der Waals surface area contributed by atoms with E-state index in [2.05, 4.69) is 70.1 Å². The molecule has 0 aromatic heterocycles. The largest absolute Gasteiger partial charge is 0.317 e. The van der Waals surface area contributed by atoms with Crippen molar-refractivity contribution in [1.29, 1.82) is 0 Å². The van der Waals surface area contributed by atoms with Crippen molar-refractivity contribution < 1.29 is 0 Å². The van der Waals surface area contributed by atoms with Gasteiger partial charge in [0.2, 0.25) is 0 Å². The summed E-state index contributed by atoms with van der Waals surface area (Å²) in [5.41, 5.74) is 0.572. The molecule has 0 saturated heterocycles. The maximum atomic E-state index is 3.55. The number of rotatable bonds is 6. The van der Waals surface area contributed by atoms with Crippen LogP contribution in [0.4, 0.5) is 0 Å². The van der Waals surface area contributed by atoms with Crippen molar-refractivity contribution in [2.24, 2.45) is 29.1 Å². The first kappa shape index (κ1) is 37.5. The van der Waals surface area contributed by atoms with Gasteiger partial charge in [0.15, 0.2) is 0 Å². The van der Waals surface area contributed by atoms with Gasteiger partial charge in [-0.25, -0.2) is 0 Å². The standard InChI is InChI=1S/C14H29N.C12H23P.C4H10.C2H6.CH4/c1-5-11-14(3,6-2)12-9-7-8-10-13(12)15-4;1-10-6-2-3-7-11(10)12(13)8-4-5-9-12;1-4(2)3;1-2;/h12-13,15H,5-11H2,1-4H3;10-11H,2-9,13H2,1H3;4H,1-3H3;1-2H3;1H4/t;10?,11-;;;/m.0.../s1. The van der Waals surface area contributed by atoms with Crippen molar-refractivity contribution in [2.45, 2.75) is 177 Å². The number of hydrogen-bond acceptors (Lipinski definition) is 1. The van der Waals surface area contributed by atoms with Crippen molar-refractivity contribution >= 4 is 9.24 Å². The summed E-state index contributed by atoms with van der Waals surface area (Å²) in [5, 5.41) is 4.21. The molecule has 0 amide bonds. The van der Waals surface area contributed by atoms with Crippen LogP contribution in [0.3, 0.4) is 0 Å². The lowest BCUT2D eigenvalue weighted by atomic mass is 9.64. The van der Waals surface area contributed by atoms with E-state index in [0.29, 0.717) is 10.6 Å². The molecule has 0 bridgehead atoms. The molecule has 0 aliphatic heterocycles. The van der Waals surface area contributed by atoms with Crippen molar-refractivity contribution in [3.63, 3.8) is 0 Å².